The van der Waals surface area contributed by atoms with Crippen molar-refractivity contribution in [3.63, 3.8) is 0 Å². The summed E-state index contributed by atoms with van der Waals surface area (Å²) < 4.78 is 0. The number of fused-ring (bicyclic) bond motifs is 3. The zero-order chi connectivity index (χ0) is 16.0. The summed E-state index contributed by atoms with van der Waals surface area (Å²) in [5.41, 5.74) is 4.69. The Bertz CT molecular complexity index is 796. The molecule has 4 heteroatoms. The number of carboxylic acid groups (broad SMARTS) is 1. The van der Waals surface area contributed by atoms with Gasteiger partial charge in [-0.1, -0.05) is 24.3 Å². The van der Waals surface area contributed by atoms with Crippen molar-refractivity contribution in [2.24, 2.45) is 5.92 Å². The van der Waals surface area contributed by atoms with Crippen molar-refractivity contribution in [1.29, 1.82) is 0 Å². The van der Waals surface area contributed by atoms with E-state index in [2.05, 4.69) is 23.5 Å². The monoisotopic (exact) mass is 306 g/mol. The Morgan fingerprint density at radius 1 is 1.22 bits per heavy atom. The van der Waals surface area contributed by atoms with Gasteiger partial charge in [0.25, 0.3) is 0 Å². The van der Waals surface area contributed by atoms with E-state index < -0.39 is 5.97 Å². The fraction of sp³-hybridized carbons (Fsp3) is 0.263. The summed E-state index contributed by atoms with van der Waals surface area (Å²) in [5, 5.41) is 12.7. The molecule has 0 saturated heterocycles. The van der Waals surface area contributed by atoms with Crippen LogP contribution in [0.15, 0.2) is 48.6 Å². The zero-order valence-corrected chi connectivity index (χ0v) is 12.9. The van der Waals surface area contributed by atoms with Gasteiger partial charge in [-0.2, -0.15) is 0 Å². The Labute approximate surface area is 134 Å². The summed E-state index contributed by atoms with van der Waals surface area (Å²) in [6.45, 7) is 2.02. The maximum absolute atomic E-state index is 11.0. The Hall–Kier alpha value is -2.62. The molecule has 3 atom stereocenters. The number of pyridine rings is 1. The van der Waals surface area contributed by atoms with Crippen LogP contribution in [0.1, 0.15) is 45.7 Å². The van der Waals surface area contributed by atoms with E-state index in [9.17, 15) is 4.79 Å². The molecule has 0 fully saturated rings. The fourth-order valence-corrected chi connectivity index (χ4v) is 3.70. The minimum absolute atomic E-state index is 0.176. The molecule has 0 amide bonds. The van der Waals surface area contributed by atoms with Gasteiger partial charge < -0.3 is 10.4 Å². The number of carbonyl (C=O) groups is 1. The number of benzene rings is 1. The van der Waals surface area contributed by atoms with Gasteiger partial charge in [0, 0.05) is 11.6 Å². The first kappa shape index (κ1) is 14.0. The molecule has 2 aliphatic rings. The first-order valence-electron chi connectivity index (χ1n) is 7.87. The molecule has 116 valence electrons. The van der Waals surface area contributed by atoms with Crippen LogP contribution in [-0.4, -0.2) is 16.1 Å². The van der Waals surface area contributed by atoms with Crippen LogP contribution in [0.4, 0.5) is 5.69 Å². The third-order valence-corrected chi connectivity index (χ3v) is 4.85. The Balaban J connectivity index is 1.73. The van der Waals surface area contributed by atoms with Crippen molar-refractivity contribution in [3.05, 3.63) is 71.1 Å². The maximum Gasteiger partial charge on any atom is 0.335 e. The molecule has 23 heavy (non-hydrogen) atoms. The van der Waals surface area contributed by atoms with Crippen LogP contribution < -0.4 is 5.32 Å². The quantitative estimate of drug-likeness (QED) is 0.826. The van der Waals surface area contributed by atoms with Crippen LogP contribution in [-0.2, 0) is 0 Å². The largest absolute Gasteiger partial charge is 0.478 e. The number of carboxylic acids is 1. The van der Waals surface area contributed by atoms with Gasteiger partial charge in [0.05, 0.1) is 23.0 Å². The number of nitrogens with zero attached hydrogens (tertiary/aromatic N) is 1. The van der Waals surface area contributed by atoms with E-state index >= 15 is 0 Å². The van der Waals surface area contributed by atoms with E-state index in [1.54, 1.807) is 12.1 Å². The SMILES string of the molecule is Cc1ccc2c(n1)C1C=CCC1C(c1ccc(C(=O)O)cc1)N2. The van der Waals surface area contributed by atoms with Gasteiger partial charge in [-0.05, 0) is 49.1 Å². The van der Waals surface area contributed by atoms with Crippen molar-refractivity contribution in [2.75, 3.05) is 5.32 Å². The normalized spacial score (nSPS) is 24.7. The number of anilines is 1. The smallest absolute Gasteiger partial charge is 0.335 e. The number of hydrogen-bond acceptors (Lipinski definition) is 3. The molecule has 1 aromatic carbocycles. The molecule has 0 spiro atoms. The van der Waals surface area contributed by atoms with Crippen molar-refractivity contribution in [2.45, 2.75) is 25.3 Å². The van der Waals surface area contributed by atoms with E-state index in [4.69, 9.17) is 10.1 Å². The van der Waals surface area contributed by atoms with Gasteiger partial charge in [-0.25, -0.2) is 4.79 Å². The molecule has 3 unspecified atom stereocenters. The molecule has 1 aliphatic carbocycles. The number of nitrogens with one attached hydrogen (secondary N) is 1. The molecule has 4 rings (SSSR count). The number of rotatable bonds is 2. The van der Waals surface area contributed by atoms with E-state index in [0.717, 1.165) is 29.1 Å². The van der Waals surface area contributed by atoms with Crippen LogP contribution >= 0.6 is 0 Å². The van der Waals surface area contributed by atoms with Crippen LogP contribution in [0.3, 0.4) is 0 Å². The van der Waals surface area contributed by atoms with Gasteiger partial charge in [-0.15, -0.1) is 0 Å². The number of aryl methyl sites for hydroxylation is 1. The molecule has 0 bridgehead atoms. The number of aromatic nitrogens is 1. The van der Waals surface area contributed by atoms with Crippen LogP contribution in [0.2, 0.25) is 0 Å². The lowest BCUT2D eigenvalue weighted by molar-refractivity contribution is 0.0697. The summed E-state index contributed by atoms with van der Waals surface area (Å²) in [7, 11) is 0. The van der Waals surface area contributed by atoms with Gasteiger partial charge in [0.2, 0.25) is 0 Å². The molecule has 2 aromatic rings. The lowest BCUT2D eigenvalue weighted by Crippen LogP contribution is -2.29. The van der Waals surface area contributed by atoms with E-state index in [0.29, 0.717) is 17.4 Å². The molecule has 1 aliphatic heterocycles. The molecule has 1 aromatic heterocycles. The summed E-state index contributed by atoms with van der Waals surface area (Å²) in [6.07, 6.45) is 5.50. The third-order valence-electron chi connectivity index (χ3n) is 4.85. The first-order valence-corrected chi connectivity index (χ1v) is 7.87. The van der Waals surface area contributed by atoms with Crippen molar-refractivity contribution >= 4 is 11.7 Å². The van der Waals surface area contributed by atoms with Crippen molar-refractivity contribution < 1.29 is 9.90 Å². The highest BCUT2D eigenvalue weighted by Gasteiger charge is 2.38. The summed E-state index contributed by atoms with van der Waals surface area (Å²) in [6, 6.07) is 11.5. The third kappa shape index (κ3) is 2.31. The molecule has 4 nitrogen and oxygen atoms in total. The van der Waals surface area contributed by atoms with E-state index in [-0.39, 0.29) is 6.04 Å². The van der Waals surface area contributed by atoms with Gasteiger partial charge >= 0.3 is 5.97 Å². The predicted molar refractivity (Wildman–Crippen MR) is 88.7 cm³/mol. The second-order valence-electron chi connectivity index (χ2n) is 6.29. The number of hydrogen-bond donors (Lipinski definition) is 2. The highest BCUT2D eigenvalue weighted by Crippen LogP contribution is 2.48. The van der Waals surface area contributed by atoms with Gasteiger partial charge in [0.1, 0.15) is 0 Å². The summed E-state index contributed by atoms with van der Waals surface area (Å²) >= 11 is 0. The van der Waals surface area contributed by atoms with Crippen LogP contribution in [0.25, 0.3) is 0 Å². The minimum Gasteiger partial charge on any atom is -0.478 e. The van der Waals surface area contributed by atoms with E-state index in [1.165, 1.54) is 0 Å². The molecular formula is C19H18N2O2. The van der Waals surface area contributed by atoms with Crippen molar-refractivity contribution in [1.82, 2.24) is 4.98 Å². The maximum atomic E-state index is 11.0. The second kappa shape index (κ2) is 5.23. The molecular weight excluding hydrogens is 288 g/mol. The van der Waals surface area contributed by atoms with Crippen molar-refractivity contribution in [3.8, 4) is 0 Å². The van der Waals surface area contributed by atoms with Gasteiger partial charge in [0.15, 0.2) is 0 Å². The average molecular weight is 306 g/mol. The lowest BCUT2D eigenvalue weighted by Gasteiger charge is -2.36. The fourth-order valence-electron chi connectivity index (χ4n) is 3.70. The number of aromatic carboxylic acids is 1. The molecule has 0 radical (unpaired) electrons. The Kier molecular flexibility index (Phi) is 3.18. The molecule has 0 saturated carbocycles. The second-order valence-corrected chi connectivity index (χ2v) is 6.29. The highest BCUT2D eigenvalue weighted by molar-refractivity contribution is 5.87. The summed E-state index contributed by atoms with van der Waals surface area (Å²) in [4.78, 5) is 15.8. The minimum atomic E-state index is -0.890. The van der Waals surface area contributed by atoms with Gasteiger partial charge in [-0.3, -0.25) is 4.98 Å². The lowest BCUT2D eigenvalue weighted by atomic mass is 9.79. The predicted octanol–water partition coefficient (Wildman–Crippen LogP) is 3.91. The zero-order valence-electron chi connectivity index (χ0n) is 12.9. The molecule has 2 heterocycles. The average Bonchev–Trinajstić information content (AvgIpc) is 3.04. The number of allylic oxidation sites excluding steroid dienone is 2. The topological polar surface area (TPSA) is 62.2 Å². The van der Waals surface area contributed by atoms with Crippen LogP contribution in [0.5, 0.6) is 0 Å². The highest BCUT2D eigenvalue weighted by atomic mass is 16.4. The molecule has 2 N–H and O–H groups in total. The first-order chi connectivity index (χ1) is 11.1. The Morgan fingerprint density at radius 3 is 2.74 bits per heavy atom. The van der Waals surface area contributed by atoms with E-state index in [1.807, 2.05) is 25.1 Å². The Morgan fingerprint density at radius 2 is 2.00 bits per heavy atom. The summed E-state index contributed by atoms with van der Waals surface area (Å²) in [5.74, 6) is -0.138. The van der Waals surface area contributed by atoms with Crippen LogP contribution in [0, 0.1) is 12.8 Å². The standard InChI is InChI=1S/C19H18N2O2/c1-11-5-10-16-18(20-11)15-4-2-3-14(15)17(21-16)12-6-8-13(9-7-12)19(22)23/h2,4-10,14-15,17,21H,3H2,1H3,(H,22,23).